The van der Waals surface area contributed by atoms with Crippen LogP contribution in [0.15, 0.2) is 42.5 Å². The van der Waals surface area contributed by atoms with E-state index in [0.29, 0.717) is 0 Å². The summed E-state index contributed by atoms with van der Waals surface area (Å²) < 4.78 is 0. The Morgan fingerprint density at radius 1 is 0.652 bits per heavy atom. The Bertz CT molecular complexity index is 1030. The maximum atomic E-state index is 12.7. The summed E-state index contributed by atoms with van der Waals surface area (Å²) >= 11 is 0. The molecule has 0 spiro atoms. The first kappa shape index (κ1) is 13.3. The quantitative estimate of drug-likeness (QED) is 0.343. The number of rotatable bonds is 0. The minimum absolute atomic E-state index is 0.140. The molecule has 23 heavy (non-hydrogen) atoms. The summed E-state index contributed by atoms with van der Waals surface area (Å²) in [5, 5.41) is 31.1. The monoisotopic (exact) mass is 306 g/mol. The van der Waals surface area contributed by atoms with Crippen molar-refractivity contribution in [1.82, 2.24) is 0 Å². The molecule has 0 heterocycles. The lowest BCUT2D eigenvalue weighted by Crippen LogP contribution is -2.21. The number of benzene rings is 3. The van der Waals surface area contributed by atoms with E-state index in [1.54, 1.807) is 12.1 Å². The third-order valence-corrected chi connectivity index (χ3v) is 4.09. The molecule has 3 aromatic rings. The Labute approximate surface area is 130 Å². The molecule has 112 valence electrons. The van der Waals surface area contributed by atoms with Gasteiger partial charge < -0.3 is 15.3 Å². The zero-order valence-corrected chi connectivity index (χ0v) is 11.7. The van der Waals surface area contributed by atoms with Gasteiger partial charge in [-0.05, 0) is 22.9 Å². The molecule has 0 aliphatic heterocycles. The Hall–Kier alpha value is -3.34. The van der Waals surface area contributed by atoms with Crippen molar-refractivity contribution in [3.63, 3.8) is 0 Å². The van der Waals surface area contributed by atoms with E-state index in [0.717, 1.165) is 16.8 Å². The summed E-state index contributed by atoms with van der Waals surface area (Å²) in [7, 11) is 0. The average Bonchev–Trinajstić information content (AvgIpc) is 2.54. The zero-order valence-electron chi connectivity index (χ0n) is 11.7. The lowest BCUT2D eigenvalue weighted by Gasteiger charge is -2.20. The predicted octanol–water partition coefficient (Wildman–Crippen LogP) is 2.73. The van der Waals surface area contributed by atoms with Crippen LogP contribution in [0.3, 0.4) is 0 Å². The summed E-state index contributed by atoms with van der Waals surface area (Å²) in [5.41, 5.74) is -0.341. The second-order valence-corrected chi connectivity index (χ2v) is 5.42. The lowest BCUT2D eigenvalue weighted by molar-refractivity contribution is 0.0974. The van der Waals surface area contributed by atoms with Crippen molar-refractivity contribution in [3.05, 3.63) is 64.7 Å². The molecule has 5 heteroatoms. The topological polar surface area (TPSA) is 94.8 Å². The Kier molecular flexibility index (Phi) is 2.51. The van der Waals surface area contributed by atoms with E-state index < -0.39 is 28.8 Å². The molecule has 0 saturated carbocycles. The third-order valence-electron chi connectivity index (χ3n) is 4.09. The van der Waals surface area contributed by atoms with Crippen molar-refractivity contribution < 1.29 is 24.9 Å². The van der Waals surface area contributed by atoms with Crippen LogP contribution in [0.5, 0.6) is 17.2 Å². The predicted molar refractivity (Wildman–Crippen MR) is 82.2 cm³/mol. The van der Waals surface area contributed by atoms with Crippen LogP contribution in [0.1, 0.15) is 31.8 Å². The highest BCUT2D eigenvalue weighted by Crippen LogP contribution is 2.43. The van der Waals surface area contributed by atoms with Gasteiger partial charge in [0.05, 0.1) is 11.1 Å². The van der Waals surface area contributed by atoms with Crippen LogP contribution >= 0.6 is 0 Å². The summed E-state index contributed by atoms with van der Waals surface area (Å²) in [6.07, 6.45) is 0. The Morgan fingerprint density at radius 3 is 1.74 bits per heavy atom. The van der Waals surface area contributed by atoms with Crippen molar-refractivity contribution in [1.29, 1.82) is 0 Å². The molecule has 4 rings (SSSR count). The molecule has 0 bridgehead atoms. The number of fused-ring (bicyclic) bond motifs is 3. The van der Waals surface area contributed by atoms with Gasteiger partial charge in [0.25, 0.3) is 0 Å². The first-order valence-electron chi connectivity index (χ1n) is 6.89. The number of ketones is 2. The average molecular weight is 306 g/mol. The fraction of sp³-hybridized carbons (Fsp3) is 0. The fourth-order valence-corrected chi connectivity index (χ4v) is 2.98. The highest BCUT2D eigenvalue weighted by Gasteiger charge is 2.36. The molecule has 0 fully saturated rings. The van der Waals surface area contributed by atoms with E-state index in [-0.39, 0.29) is 22.3 Å². The summed E-state index contributed by atoms with van der Waals surface area (Å²) in [4.78, 5) is 25.4. The van der Waals surface area contributed by atoms with Gasteiger partial charge in [0.1, 0.15) is 5.75 Å². The SMILES string of the molecule is O=C1c2cc3ccccc3cc2C(=O)c2c(O)c(O)cc(O)c21. The molecule has 1 aliphatic carbocycles. The number of hydrogen-bond donors (Lipinski definition) is 3. The van der Waals surface area contributed by atoms with E-state index >= 15 is 0 Å². The van der Waals surface area contributed by atoms with Crippen molar-refractivity contribution >= 4 is 22.3 Å². The molecule has 0 atom stereocenters. The molecule has 3 N–H and O–H groups in total. The Morgan fingerprint density at radius 2 is 1.17 bits per heavy atom. The molecule has 0 unspecified atom stereocenters. The first-order valence-corrected chi connectivity index (χ1v) is 6.89. The lowest BCUT2D eigenvalue weighted by atomic mass is 9.81. The molecule has 0 saturated heterocycles. The molecule has 5 nitrogen and oxygen atoms in total. The van der Waals surface area contributed by atoms with Crippen LogP contribution in [-0.2, 0) is 0 Å². The molecule has 0 amide bonds. The largest absolute Gasteiger partial charge is 0.507 e. The van der Waals surface area contributed by atoms with E-state index in [4.69, 9.17) is 0 Å². The van der Waals surface area contributed by atoms with E-state index in [2.05, 4.69) is 0 Å². The number of phenolic OH excluding ortho intramolecular Hbond substituents is 3. The van der Waals surface area contributed by atoms with E-state index in [9.17, 15) is 24.9 Å². The number of phenols is 3. The molecule has 0 radical (unpaired) electrons. The van der Waals surface area contributed by atoms with E-state index in [1.807, 2.05) is 24.3 Å². The van der Waals surface area contributed by atoms with Gasteiger partial charge in [0.15, 0.2) is 23.1 Å². The molecular formula is C18H10O5. The second kappa shape index (κ2) is 4.33. The van der Waals surface area contributed by atoms with Crippen molar-refractivity contribution in [2.45, 2.75) is 0 Å². The number of carbonyl (C=O) groups excluding carboxylic acids is 2. The molecule has 1 aliphatic rings. The Balaban J connectivity index is 2.11. The summed E-state index contributed by atoms with van der Waals surface area (Å²) in [5.74, 6) is -3.05. The van der Waals surface area contributed by atoms with Gasteiger partial charge in [0, 0.05) is 17.2 Å². The van der Waals surface area contributed by atoms with Crippen molar-refractivity contribution in [3.8, 4) is 17.2 Å². The van der Waals surface area contributed by atoms with Gasteiger partial charge in [-0.15, -0.1) is 0 Å². The maximum Gasteiger partial charge on any atom is 0.198 e. The maximum absolute atomic E-state index is 12.7. The molecule has 0 aromatic heterocycles. The van der Waals surface area contributed by atoms with Crippen LogP contribution in [0.4, 0.5) is 0 Å². The van der Waals surface area contributed by atoms with Crippen LogP contribution in [-0.4, -0.2) is 26.9 Å². The third kappa shape index (κ3) is 1.67. The van der Waals surface area contributed by atoms with Gasteiger partial charge in [-0.1, -0.05) is 24.3 Å². The van der Waals surface area contributed by atoms with Crippen LogP contribution in [0.25, 0.3) is 10.8 Å². The molecule has 3 aromatic carbocycles. The van der Waals surface area contributed by atoms with Gasteiger partial charge in [0.2, 0.25) is 0 Å². The summed E-state index contributed by atoms with van der Waals surface area (Å²) in [6, 6.07) is 11.3. The number of carbonyl (C=O) groups is 2. The molecular weight excluding hydrogens is 296 g/mol. The fourth-order valence-electron chi connectivity index (χ4n) is 2.98. The highest BCUT2D eigenvalue weighted by atomic mass is 16.3. The smallest absolute Gasteiger partial charge is 0.198 e. The minimum Gasteiger partial charge on any atom is -0.507 e. The van der Waals surface area contributed by atoms with Gasteiger partial charge in [-0.25, -0.2) is 0 Å². The standard InChI is InChI=1S/C18H10O5/c19-12-7-13(20)18(23)15-14(12)16(21)10-5-8-3-1-2-4-9(8)6-11(10)17(15)22/h1-7,19-20,23H. The van der Waals surface area contributed by atoms with Crippen LogP contribution < -0.4 is 0 Å². The van der Waals surface area contributed by atoms with Crippen LogP contribution in [0.2, 0.25) is 0 Å². The van der Waals surface area contributed by atoms with Gasteiger partial charge >= 0.3 is 0 Å². The zero-order chi connectivity index (χ0) is 16.3. The van der Waals surface area contributed by atoms with Crippen molar-refractivity contribution in [2.24, 2.45) is 0 Å². The summed E-state index contributed by atoms with van der Waals surface area (Å²) in [6.45, 7) is 0. The first-order chi connectivity index (χ1) is 11.0. The van der Waals surface area contributed by atoms with E-state index in [1.165, 1.54) is 0 Å². The van der Waals surface area contributed by atoms with Crippen LogP contribution in [0, 0.1) is 0 Å². The van der Waals surface area contributed by atoms with Gasteiger partial charge in [-0.3, -0.25) is 9.59 Å². The van der Waals surface area contributed by atoms with Crippen molar-refractivity contribution in [2.75, 3.05) is 0 Å². The number of hydrogen-bond acceptors (Lipinski definition) is 5. The second-order valence-electron chi connectivity index (χ2n) is 5.42. The minimum atomic E-state index is -0.699. The van der Waals surface area contributed by atoms with Gasteiger partial charge in [-0.2, -0.15) is 0 Å². The number of aromatic hydroxyl groups is 3. The highest BCUT2D eigenvalue weighted by molar-refractivity contribution is 6.31. The normalized spacial score (nSPS) is 13.0.